The SMILES string of the molecule is Clc1ccc(Cc2nnc3sc(-c4c[nH]c5ccccc45)nn23)cc1. The van der Waals surface area contributed by atoms with Crippen molar-refractivity contribution in [3.63, 3.8) is 0 Å². The average molecular weight is 366 g/mol. The number of nitrogens with one attached hydrogen (secondary N) is 1. The molecule has 0 aliphatic carbocycles. The first-order chi connectivity index (χ1) is 12.3. The fourth-order valence-electron chi connectivity index (χ4n) is 2.91. The molecule has 25 heavy (non-hydrogen) atoms. The number of aromatic nitrogens is 5. The van der Waals surface area contributed by atoms with Crippen LogP contribution in [0.15, 0.2) is 54.7 Å². The van der Waals surface area contributed by atoms with Gasteiger partial charge in [-0.05, 0) is 23.8 Å². The van der Waals surface area contributed by atoms with Gasteiger partial charge in [-0.1, -0.05) is 53.3 Å². The summed E-state index contributed by atoms with van der Waals surface area (Å²) in [6.07, 6.45) is 2.66. The van der Waals surface area contributed by atoms with Crippen molar-refractivity contribution in [2.45, 2.75) is 6.42 Å². The number of aromatic amines is 1. The van der Waals surface area contributed by atoms with Gasteiger partial charge in [0.25, 0.3) is 0 Å². The lowest BCUT2D eigenvalue weighted by molar-refractivity contribution is 0.854. The lowest BCUT2D eigenvalue weighted by Crippen LogP contribution is -1.97. The van der Waals surface area contributed by atoms with Crippen molar-refractivity contribution in [2.75, 3.05) is 0 Å². The first kappa shape index (κ1) is 14.6. The maximum absolute atomic E-state index is 5.95. The van der Waals surface area contributed by atoms with E-state index in [0.717, 1.165) is 42.8 Å². The van der Waals surface area contributed by atoms with E-state index in [0.29, 0.717) is 6.42 Å². The second-order valence-corrected chi connectivity index (χ2v) is 7.16. The minimum atomic E-state index is 0.662. The molecule has 122 valence electrons. The van der Waals surface area contributed by atoms with Gasteiger partial charge in [-0.3, -0.25) is 0 Å². The van der Waals surface area contributed by atoms with Crippen LogP contribution in [0.4, 0.5) is 0 Å². The van der Waals surface area contributed by atoms with Crippen molar-refractivity contribution in [2.24, 2.45) is 0 Å². The van der Waals surface area contributed by atoms with E-state index in [-0.39, 0.29) is 0 Å². The van der Waals surface area contributed by atoms with Crippen LogP contribution in [-0.4, -0.2) is 24.8 Å². The van der Waals surface area contributed by atoms with E-state index in [1.165, 1.54) is 0 Å². The van der Waals surface area contributed by atoms with Gasteiger partial charge in [-0.25, -0.2) is 0 Å². The molecule has 0 aliphatic rings. The van der Waals surface area contributed by atoms with Crippen LogP contribution >= 0.6 is 22.9 Å². The summed E-state index contributed by atoms with van der Waals surface area (Å²) in [5.41, 5.74) is 3.31. The Hall–Kier alpha value is -2.70. The van der Waals surface area contributed by atoms with Crippen molar-refractivity contribution in [3.05, 3.63) is 71.1 Å². The van der Waals surface area contributed by atoms with Crippen molar-refractivity contribution < 1.29 is 0 Å². The summed E-state index contributed by atoms with van der Waals surface area (Å²) in [6.45, 7) is 0. The third kappa shape index (κ3) is 2.50. The van der Waals surface area contributed by atoms with Gasteiger partial charge >= 0.3 is 0 Å². The van der Waals surface area contributed by atoms with Crippen LogP contribution in [0, 0.1) is 0 Å². The monoisotopic (exact) mass is 365 g/mol. The van der Waals surface area contributed by atoms with Gasteiger partial charge in [0.2, 0.25) is 4.96 Å². The van der Waals surface area contributed by atoms with Gasteiger partial charge < -0.3 is 4.98 Å². The third-order valence-electron chi connectivity index (χ3n) is 4.15. The Balaban J connectivity index is 1.56. The molecule has 0 unspecified atom stereocenters. The molecule has 5 rings (SSSR count). The van der Waals surface area contributed by atoms with Crippen LogP contribution < -0.4 is 0 Å². The maximum Gasteiger partial charge on any atom is 0.234 e. The average Bonchev–Trinajstić information content (AvgIpc) is 3.31. The van der Waals surface area contributed by atoms with Gasteiger partial charge in [-0.15, -0.1) is 10.2 Å². The summed E-state index contributed by atoms with van der Waals surface area (Å²) in [7, 11) is 0. The Morgan fingerprint density at radius 2 is 1.88 bits per heavy atom. The Morgan fingerprint density at radius 1 is 1.04 bits per heavy atom. The number of nitrogens with zero attached hydrogens (tertiary/aromatic N) is 4. The molecule has 5 aromatic rings. The molecule has 1 N–H and O–H groups in total. The molecule has 0 atom stereocenters. The fraction of sp³-hybridized carbons (Fsp3) is 0.0556. The first-order valence-corrected chi connectivity index (χ1v) is 8.99. The number of halogens is 1. The molecular weight excluding hydrogens is 354 g/mol. The third-order valence-corrected chi connectivity index (χ3v) is 5.33. The number of benzene rings is 2. The molecule has 0 saturated carbocycles. The highest BCUT2D eigenvalue weighted by molar-refractivity contribution is 7.19. The molecule has 0 spiro atoms. The number of rotatable bonds is 3. The van der Waals surface area contributed by atoms with Crippen LogP contribution in [0.1, 0.15) is 11.4 Å². The highest BCUT2D eigenvalue weighted by Gasteiger charge is 2.15. The molecule has 0 amide bonds. The largest absolute Gasteiger partial charge is 0.360 e. The zero-order chi connectivity index (χ0) is 16.8. The summed E-state index contributed by atoms with van der Waals surface area (Å²) in [5, 5.41) is 16.1. The van der Waals surface area contributed by atoms with E-state index in [2.05, 4.69) is 27.3 Å². The van der Waals surface area contributed by atoms with E-state index in [9.17, 15) is 0 Å². The van der Waals surface area contributed by atoms with Gasteiger partial charge in [-0.2, -0.15) is 9.61 Å². The summed E-state index contributed by atoms with van der Waals surface area (Å²) < 4.78 is 1.83. The quantitative estimate of drug-likeness (QED) is 0.509. The fourth-order valence-corrected chi connectivity index (χ4v) is 3.92. The highest BCUT2D eigenvalue weighted by Crippen LogP contribution is 2.31. The molecule has 0 bridgehead atoms. The normalized spacial score (nSPS) is 11.6. The van der Waals surface area contributed by atoms with Crippen LogP contribution in [0.25, 0.3) is 26.4 Å². The maximum atomic E-state index is 5.95. The molecular formula is C18H12ClN5S. The van der Waals surface area contributed by atoms with Crippen molar-refractivity contribution in [3.8, 4) is 10.6 Å². The molecule has 7 heteroatoms. The van der Waals surface area contributed by atoms with Gasteiger partial charge in [0.15, 0.2) is 5.82 Å². The number of hydrogen-bond acceptors (Lipinski definition) is 4. The minimum Gasteiger partial charge on any atom is -0.360 e. The van der Waals surface area contributed by atoms with Crippen molar-refractivity contribution >= 4 is 38.8 Å². The van der Waals surface area contributed by atoms with E-state index in [1.54, 1.807) is 11.3 Å². The van der Waals surface area contributed by atoms with Gasteiger partial charge in [0.1, 0.15) is 5.01 Å². The Kier molecular flexibility index (Phi) is 3.33. The van der Waals surface area contributed by atoms with E-state index < -0.39 is 0 Å². The van der Waals surface area contributed by atoms with Crippen LogP contribution in [0.3, 0.4) is 0 Å². The molecule has 0 radical (unpaired) electrons. The first-order valence-electron chi connectivity index (χ1n) is 7.80. The summed E-state index contributed by atoms with van der Waals surface area (Å²) >= 11 is 7.49. The van der Waals surface area contributed by atoms with Crippen LogP contribution in [-0.2, 0) is 6.42 Å². The lowest BCUT2D eigenvalue weighted by Gasteiger charge is -1.98. The Labute approximate surface area is 151 Å². The lowest BCUT2D eigenvalue weighted by atomic mass is 10.1. The van der Waals surface area contributed by atoms with Crippen molar-refractivity contribution in [1.29, 1.82) is 0 Å². The second-order valence-electron chi connectivity index (χ2n) is 5.77. The molecule has 3 heterocycles. The molecule has 5 nitrogen and oxygen atoms in total. The van der Waals surface area contributed by atoms with E-state index in [4.69, 9.17) is 16.7 Å². The minimum absolute atomic E-state index is 0.662. The smallest absolute Gasteiger partial charge is 0.234 e. The number of H-pyrrole nitrogens is 1. The number of hydrogen-bond donors (Lipinski definition) is 1. The molecule has 0 fully saturated rings. The zero-order valence-corrected chi connectivity index (χ0v) is 14.6. The standard InChI is InChI=1S/C18H12ClN5S/c19-12-7-5-11(6-8-12)9-16-21-22-18-24(16)23-17(25-18)14-10-20-15-4-2-1-3-13(14)15/h1-8,10,20H,9H2. The Morgan fingerprint density at radius 3 is 2.76 bits per heavy atom. The highest BCUT2D eigenvalue weighted by atomic mass is 35.5. The molecule has 3 aromatic heterocycles. The van der Waals surface area contributed by atoms with E-state index >= 15 is 0 Å². The van der Waals surface area contributed by atoms with E-state index in [1.807, 2.05) is 47.1 Å². The summed E-state index contributed by atoms with van der Waals surface area (Å²) in [5.74, 6) is 0.819. The predicted molar refractivity (Wildman–Crippen MR) is 100 cm³/mol. The van der Waals surface area contributed by atoms with Crippen LogP contribution in [0.2, 0.25) is 5.02 Å². The van der Waals surface area contributed by atoms with Crippen molar-refractivity contribution in [1.82, 2.24) is 24.8 Å². The topological polar surface area (TPSA) is 58.9 Å². The summed E-state index contributed by atoms with van der Waals surface area (Å²) in [4.78, 5) is 4.09. The number of fused-ring (bicyclic) bond motifs is 2. The molecule has 2 aromatic carbocycles. The number of para-hydroxylation sites is 1. The summed E-state index contributed by atoms with van der Waals surface area (Å²) in [6, 6.07) is 16.0. The van der Waals surface area contributed by atoms with Gasteiger partial charge in [0.05, 0.1) is 0 Å². The zero-order valence-electron chi connectivity index (χ0n) is 13.0. The second kappa shape index (κ2) is 5.68. The molecule has 0 saturated heterocycles. The molecule has 0 aliphatic heterocycles. The van der Waals surface area contributed by atoms with Crippen LogP contribution in [0.5, 0.6) is 0 Å². The predicted octanol–water partition coefficient (Wildman–Crippen LogP) is 4.58. The van der Waals surface area contributed by atoms with Gasteiger partial charge in [0, 0.05) is 34.1 Å². The Bertz CT molecular complexity index is 1190.